The zero-order valence-electron chi connectivity index (χ0n) is 9.20. The van der Waals surface area contributed by atoms with Crippen LogP contribution in [0.1, 0.15) is 23.2 Å². The van der Waals surface area contributed by atoms with Crippen LogP contribution >= 0.6 is 0 Å². The number of phenols is 1. The second-order valence-electron chi connectivity index (χ2n) is 4.20. The van der Waals surface area contributed by atoms with Gasteiger partial charge >= 0.3 is 0 Å². The number of piperidine rings is 1. The Kier molecular flexibility index (Phi) is 3.00. The SMILES string of the molecule is O=C(c1cccc(O)c1)N1CCC(F)(F)CC1. The third-order valence-electron chi connectivity index (χ3n) is 2.88. The number of hydrogen-bond donors (Lipinski definition) is 1. The summed E-state index contributed by atoms with van der Waals surface area (Å²) in [4.78, 5) is 13.3. The van der Waals surface area contributed by atoms with Crippen molar-refractivity contribution in [3.8, 4) is 5.75 Å². The highest BCUT2D eigenvalue weighted by molar-refractivity contribution is 5.94. The Balaban J connectivity index is 2.07. The largest absolute Gasteiger partial charge is 0.508 e. The smallest absolute Gasteiger partial charge is 0.253 e. The van der Waals surface area contributed by atoms with Crippen LogP contribution in [0.5, 0.6) is 5.75 Å². The molecule has 0 bridgehead atoms. The van der Waals surface area contributed by atoms with Gasteiger partial charge in [-0.3, -0.25) is 4.79 Å². The first-order valence-corrected chi connectivity index (χ1v) is 5.44. The van der Waals surface area contributed by atoms with Gasteiger partial charge in [0.1, 0.15) is 5.75 Å². The maximum Gasteiger partial charge on any atom is 0.253 e. The highest BCUT2D eigenvalue weighted by atomic mass is 19.3. The summed E-state index contributed by atoms with van der Waals surface area (Å²) in [6.45, 7) is 0.114. The molecule has 0 spiro atoms. The van der Waals surface area contributed by atoms with Crippen molar-refractivity contribution in [1.82, 2.24) is 4.90 Å². The van der Waals surface area contributed by atoms with Crippen molar-refractivity contribution in [2.24, 2.45) is 0 Å². The molecule has 0 aromatic heterocycles. The van der Waals surface area contributed by atoms with Crippen LogP contribution in [0.2, 0.25) is 0 Å². The number of likely N-dealkylation sites (tertiary alicyclic amines) is 1. The van der Waals surface area contributed by atoms with Crippen LogP contribution in [-0.2, 0) is 0 Å². The fourth-order valence-electron chi connectivity index (χ4n) is 1.86. The number of rotatable bonds is 1. The quantitative estimate of drug-likeness (QED) is 0.819. The van der Waals surface area contributed by atoms with Gasteiger partial charge in [-0.05, 0) is 18.2 Å². The van der Waals surface area contributed by atoms with Gasteiger partial charge in [-0.15, -0.1) is 0 Å². The average Bonchev–Trinajstić information content (AvgIpc) is 2.28. The Hall–Kier alpha value is -1.65. The highest BCUT2D eigenvalue weighted by Crippen LogP contribution is 2.28. The molecule has 1 aliphatic heterocycles. The van der Waals surface area contributed by atoms with Crippen molar-refractivity contribution in [3.05, 3.63) is 29.8 Å². The van der Waals surface area contributed by atoms with Crippen LogP contribution in [0.15, 0.2) is 24.3 Å². The molecule has 0 unspecified atom stereocenters. The Morgan fingerprint density at radius 1 is 1.29 bits per heavy atom. The number of alkyl halides is 2. The van der Waals surface area contributed by atoms with Gasteiger partial charge in [-0.25, -0.2) is 8.78 Å². The highest BCUT2D eigenvalue weighted by Gasteiger charge is 2.35. The molecular weight excluding hydrogens is 228 g/mol. The molecule has 1 fully saturated rings. The number of halogens is 2. The minimum atomic E-state index is -2.66. The minimum absolute atomic E-state index is 0.00168. The van der Waals surface area contributed by atoms with Crippen LogP contribution in [0.4, 0.5) is 8.78 Å². The Labute approximate surface area is 97.7 Å². The molecule has 1 aliphatic rings. The second-order valence-corrected chi connectivity index (χ2v) is 4.20. The first-order chi connectivity index (χ1) is 7.98. The zero-order chi connectivity index (χ0) is 12.5. The molecule has 17 heavy (non-hydrogen) atoms. The maximum absolute atomic E-state index is 12.9. The van der Waals surface area contributed by atoms with E-state index in [2.05, 4.69) is 0 Å². The standard InChI is InChI=1S/C12H13F2NO2/c13-12(14)4-6-15(7-5-12)11(17)9-2-1-3-10(16)8-9/h1-3,8,16H,4-7H2. The van der Waals surface area contributed by atoms with Gasteiger partial charge in [0.2, 0.25) is 0 Å². The minimum Gasteiger partial charge on any atom is -0.508 e. The zero-order valence-corrected chi connectivity index (χ0v) is 9.20. The van der Waals surface area contributed by atoms with Crippen molar-refractivity contribution in [2.45, 2.75) is 18.8 Å². The van der Waals surface area contributed by atoms with Gasteiger partial charge in [-0.2, -0.15) is 0 Å². The van der Waals surface area contributed by atoms with Crippen molar-refractivity contribution < 1.29 is 18.7 Å². The molecule has 2 rings (SSSR count). The number of carbonyl (C=O) groups is 1. The summed E-state index contributed by atoms with van der Waals surface area (Å²) in [6, 6.07) is 5.92. The molecule has 0 radical (unpaired) electrons. The molecule has 1 saturated heterocycles. The number of benzene rings is 1. The number of hydrogen-bond acceptors (Lipinski definition) is 2. The van der Waals surface area contributed by atoms with E-state index in [4.69, 9.17) is 0 Å². The lowest BCUT2D eigenvalue weighted by Crippen LogP contribution is -2.42. The topological polar surface area (TPSA) is 40.5 Å². The predicted octanol–water partition coefficient (Wildman–Crippen LogP) is 2.26. The third kappa shape index (κ3) is 2.72. The van der Waals surface area contributed by atoms with E-state index in [1.54, 1.807) is 12.1 Å². The van der Waals surface area contributed by atoms with Crippen molar-refractivity contribution >= 4 is 5.91 Å². The summed E-state index contributed by atoms with van der Waals surface area (Å²) < 4.78 is 25.9. The molecule has 0 aliphatic carbocycles. The van der Waals surface area contributed by atoms with E-state index in [1.807, 2.05) is 0 Å². The van der Waals surface area contributed by atoms with E-state index in [-0.39, 0.29) is 37.6 Å². The summed E-state index contributed by atoms with van der Waals surface area (Å²) in [5.74, 6) is -2.97. The summed E-state index contributed by atoms with van der Waals surface area (Å²) in [5, 5.41) is 9.25. The Bertz CT molecular complexity index is 424. The average molecular weight is 241 g/mol. The molecule has 92 valence electrons. The predicted molar refractivity (Wildman–Crippen MR) is 58.2 cm³/mol. The molecule has 3 nitrogen and oxygen atoms in total. The number of phenolic OH excluding ortho intramolecular Hbond substituents is 1. The second kappa shape index (κ2) is 4.31. The van der Waals surface area contributed by atoms with Crippen LogP contribution < -0.4 is 0 Å². The lowest BCUT2D eigenvalue weighted by Gasteiger charge is -2.31. The molecule has 1 heterocycles. The van der Waals surface area contributed by atoms with Crippen molar-refractivity contribution in [2.75, 3.05) is 13.1 Å². The maximum atomic E-state index is 12.9. The number of carbonyl (C=O) groups excluding carboxylic acids is 1. The van der Waals surface area contributed by atoms with E-state index < -0.39 is 5.92 Å². The molecule has 1 aromatic rings. The van der Waals surface area contributed by atoms with Crippen LogP contribution in [0.25, 0.3) is 0 Å². The van der Waals surface area contributed by atoms with Crippen LogP contribution in [0, 0.1) is 0 Å². The van der Waals surface area contributed by atoms with Gasteiger partial charge in [0.15, 0.2) is 0 Å². The summed E-state index contributed by atoms with van der Waals surface area (Å²) in [5.41, 5.74) is 0.329. The van der Waals surface area contributed by atoms with E-state index >= 15 is 0 Å². The molecule has 5 heteroatoms. The lowest BCUT2D eigenvalue weighted by atomic mass is 10.1. The first kappa shape index (κ1) is 11.8. The monoisotopic (exact) mass is 241 g/mol. The molecule has 1 N–H and O–H groups in total. The van der Waals surface area contributed by atoms with Crippen LogP contribution in [-0.4, -0.2) is 34.9 Å². The molecule has 1 aromatic carbocycles. The molecular formula is C12H13F2NO2. The van der Waals surface area contributed by atoms with Gasteiger partial charge in [0.05, 0.1) is 0 Å². The van der Waals surface area contributed by atoms with E-state index in [0.29, 0.717) is 5.56 Å². The summed E-state index contributed by atoms with van der Waals surface area (Å²) in [7, 11) is 0. The van der Waals surface area contributed by atoms with E-state index in [1.165, 1.54) is 17.0 Å². The normalized spacial score (nSPS) is 19.1. The van der Waals surface area contributed by atoms with Gasteiger partial charge in [0, 0.05) is 31.5 Å². The lowest BCUT2D eigenvalue weighted by molar-refractivity contribution is -0.0494. The third-order valence-corrected chi connectivity index (χ3v) is 2.88. The van der Waals surface area contributed by atoms with Crippen molar-refractivity contribution in [3.63, 3.8) is 0 Å². The van der Waals surface area contributed by atoms with Gasteiger partial charge < -0.3 is 10.0 Å². The molecule has 1 amide bonds. The van der Waals surface area contributed by atoms with Crippen LogP contribution in [0.3, 0.4) is 0 Å². The number of amides is 1. The first-order valence-electron chi connectivity index (χ1n) is 5.44. The number of nitrogens with zero attached hydrogens (tertiary/aromatic N) is 1. The summed E-state index contributed by atoms with van der Waals surface area (Å²) >= 11 is 0. The fourth-order valence-corrected chi connectivity index (χ4v) is 1.86. The van der Waals surface area contributed by atoms with E-state index in [9.17, 15) is 18.7 Å². The molecule has 0 saturated carbocycles. The Morgan fingerprint density at radius 3 is 2.53 bits per heavy atom. The Morgan fingerprint density at radius 2 is 1.94 bits per heavy atom. The summed E-state index contributed by atoms with van der Waals surface area (Å²) in [6.07, 6.45) is -0.588. The van der Waals surface area contributed by atoms with Gasteiger partial charge in [-0.1, -0.05) is 6.07 Å². The number of aromatic hydroxyl groups is 1. The fraction of sp³-hybridized carbons (Fsp3) is 0.417. The molecule has 0 atom stereocenters. The van der Waals surface area contributed by atoms with Crippen molar-refractivity contribution in [1.29, 1.82) is 0 Å². The van der Waals surface area contributed by atoms with Gasteiger partial charge in [0.25, 0.3) is 11.8 Å². The van der Waals surface area contributed by atoms with E-state index in [0.717, 1.165) is 0 Å².